The van der Waals surface area contributed by atoms with Crippen LogP contribution in [0.3, 0.4) is 0 Å². The fourth-order valence-corrected chi connectivity index (χ4v) is 2.11. The molecule has 1 aliphatic rings. The van der Waals surface area contributed by atoms with E-state index in [4.69, 9.17) is 4.74 Å². The lowest BCUT2D eigenvalue weighted by molar-refractivity contribution is -0.138. The zero-order valence-corrected chi connectivity index (χ0v) is 10.5. The molecule has 0 saturated heterocycles. The molecule has 0 spiro atoms. The third kappa shape index (κ3) is 1.93. The summed E-state index contributed by atoms with van der Waals surface area (Å²) in [5, 5.41) is 0. The van der Waals surface area contributed by atoms with E-state index >= 15 is 0 Å². The monoisotopic (exact) mass is 251 g/mol. The topological polar surface area (TPSA) is 38.7 Å². The molecular weight excluding hydrogens is 238 g/mol. The van der Waals surface area contributed by atoms with Gasteiger partial charge in [-0.2, -0.15) is 0 Å². The maximum absolute atomic E-state index is 12.1. The van der Waals surface area contributed by atoms with Crippen molar-refractivity contribution >= 4 is 11.9 Å². The van der Waals surface area contributed by atoms with Gasteiger partial charge in [-0.25, -0.2) is 9.79 Å². The normalized spacial score (nSPS) is 21.9. The molecule has 3 rings (SSSR count). The van der Waals surface area contributed by atoms with E-state index in [1.807, 2.05) is 60.7 Å². The Labute approximate surface area is 111 Å². The summed E-state index contributed by atoms with van der Waals surface area (Å²) in [6.07, 6.45) is 0. The van der Waals surface area contributed by atoms with Crippen LogP contribution < -0.4 is 0 Å². The van der Waals surface area contributed by atoms with E-state index in [0.717, 1.165) is 11.1 Å². The highest BCUT2D eigenvalue weighted by Gasteiger charge is 2.43. The van der Waals surface area contributed by atoms with E-state index < -0.39 is 5.54 Å². The first kappa shape index (κ1) is 11.7. The molecule has 2 aromatic carbocycles. The van der Waals surface area contributed by atoms with Crippen molar-refractivity contribution in [2.24, 2.45) is 4.99 Å². The summed E-state index contributed by atoms with van der Waals surface area (Å²) in [5.41, 5.74) is 0.702. The summed E-state index contributed by atoms with van der Waals surface area (Å²) in [6.45, 7) is 1.78. The van der Waals surface area contributed by atoms with Gasteiger partial charge in [0.05, 0.1) is 0 Å². The van der Waals surface area contributed by atoms with Gasteiger partial charge in [0.2, 0.25) is 5.90 Å². The van der Waals surface area contributed by atoms with Gasteiger partial charge in [0.1, 0.15) is 0 Å². The first-order valence-corrected chi connectivity index (χ1v) is 6.13. The van der Waals surface area contributed by atoms with Crippen LogP contribution in [0.1, 0.15) is 18.1 Å². The summed E-state index contributed by atoms with van der Waals surface area (Å²) in [6, 6.07) is 18.9. The number of carbonyl (C=O) groups excluding carboxylic acids is 1. The van der Waals surface area contributed by atoms with Crippen LogP contribution in [0.2, 0.25) is 0 Å². The Morgan fingerprint density at radius 1 is 0.947 bits per heavy atom. The fourth-order valence-electron chi connectivity index (χ4n) is 2.11. The Morgan fingerprint density at radius 2 is 1.53 bits per heavy atom. The van der Waals surface area contributed by atoms with Crippen LogP contribution in [0.25, 0.3) is 0 Å². The Hall–Kier alpha value is -2.42. The number of aliphatic imine (C=N–C) groups is 1. The molecule has 1 unspecified atom stereocenters. The fraction of sp³-hybridized carbons (Fsp3) is 0.125. The molecule has 1 atom stereocenters. The number of benzene rings is 2. The number of carbonyl (C=O) groups is 1. The zero-order valence-electron chi connectivity index (χ0n) is 10.5. The van der Waals surface area contributed by atoms with Gasteiger partial charge >= 0.3 is 5.97 Å². The van der Waals surface area contributed by atoms with Crippen molar-refractivity contribution in [2.75, 3.05) is 0 Å². The minimum absolute atomic E-state index is 0.336. The van der Waals surface area contributed by atoms with Crippen LogP contribution in [0, 0.1) is 0 Å². The summed E-state index contributed by atoms with van der Waals surface area (Å²) in [4.78, 5) is 16.6. The number of cyclic esters (lactones) is 1. The molecule has 1 heterocycles. The van der Waals surface area contributed by atoms with E-state index in [-0.39, 0.29) is 5.97 Å². The van der Waals surface area contributed by atoms with Gasteiger partial charge in [-0.1, -0.05) is 48.5 Å². The van der Waals surface area contributed by atoms with Gasteiger partial charge in [0, 0.05) is 5.56 Å². The van der Waals surface area contributed by atoms with E-state index in [1.54, 1.807) is 6.92 Å². The number of nitrogens with zero attached hydrogens (tertiary/aromatic N) is 1. The maximum atomic E-state index is 12.1. The number of esters is 1. The van der Waals surface area contributed by atoms with E-state index in [9.17, 15) is 4.79 Å². The van der Waals surface area contributed by atoms with Crippen LogP contribution in [0.4, 0.5) is 0 Å². The van der Waals surface area contributed by atoms with Crippen molar-refractivity contribution in [3.05, 3.63) is 71.8 Å². The molecule has 0 saturated carbocycles. The summed E-state index contributed by atoms with van der Waals surface area (Å²) >= 11 is 0. The van der Waals surface area contributed by atoms with E-state index in [1.165, 1.54) is 0 Å². The Bertz CT molecular complexity index is 634. The molecule has 0 N–H and O–H groups in total. The number of ether oxygens (including phenoxy) is 1. The molecule has 0 bridgehead atoms. The van der Waals surface area contributed by atoms with Crippen LogP contribution in [0.15, 0.2) is 65.7 Å². The van der Waals surface area contributed by atoms with E-state index in [0.29, 0.717) is 5.90 Å². The van der Waals surface area contributed by atoms with Crippen molar-refractivity contribution in [2.45, 2.75) is 12.5 Å². The highest BCUT2D eigenvalue weighted by Crippen LogP contribution is 2.32. The molecule has 3 heteroatoms. The molecule has 0 amide bonds. The lowest BCUT2D eigenvalue weighted by atomic mass is 9.93. The highest BCUT2D eigenvalue weighted by molar-refractivity contribution is 6.08. The van der Waals surface area contributed by atoms with Crippen molar-refractivity contribution in [1.29, 1.82) is 0 Å². The van der Waals surface area contributed by atoms with Gasteiger partial charge in [0.15, 0.2) is 5.54 Å². The quantitative estimate of drug-likeness (QED) is 0.770. The average Bonchev–Trinajstić information content (AvgIpc) is 2.78. The predicted octanol–water partition coefficient (Wildman–Crippen LogP) is 2.91. The van der Waals surface area contributed by atoms with Crippen LogP contribution in [-0.4, -0.2) is 11.9 Å². The minimum Gasteiger partial charge on any atom is -0.405 e. The molecule has 0 aromatic heterocycles. The lowest BCUT2D eigenvalue weighted by Crippen LogP contribution is -2.27. The summed E-state index contributed by atoms with van der Waals surface area (Å²) < 4.78 is 5.33. The molecule has 1 aliphatic heterocycles. The van der Waals surface area contributed by atoms with Crippen molar-refractivity contribution < 1.29 is 9.53 Å². The van der Waals surface area contributed by atoms with Crippen molar-refractivity contribution in [1.82, 2.24) is 0 Å². The molecule has 19 heavy (non-hydrogen) atoms. The largest absolute Gasteiger partial charge is 0.405 e. The van der Waals surface area contributed by atoms with Crippen LogP contribution in [-0.2, 0) is 15.1 Å². The summed E-state index contributed by atoms with van der Waals surface area (Å²) in [7, 11) is 0. The first-order chi connectivity index (χ1) is 9.20. The van der Waals surface area contributed by atoms with Crippen molar-refractivity contribution in [3.63, 3.8) is 0 Å². The smallest absolute Gasteiger partial charge is 0.345 e. The minimum atomic E-state index is -0.952. The maximum Gasteiger partial charge on any atom is 0.345 e. The Balaban J connectivity index is 2.05. The average molecular weight is 251 g/mol. The van der Waals surface area contributed by atoms with E-state index in [2.05, 4.69) is 4.99 Å². The second-order valence-electron chi connectivity index (χ2n) is 4.61. The van der Waals surface area contributed by atoms with Gasteiger partial charge in [-0.15, -0.1) is 0 Å². The lowest BCUT2D eigenvalue weighted by Gasteiger charge is -2.15. The molecule has 0 aliphatic carbocycles. The SMILES string of the molecule is CC1(c2ccccc2)N=C(c2ccccc2)OC1=O. The predicted molar refractivity (Wildman–Crippen MR) is 72.9 cm³/mol. The third-order valence-electron chi connectivity index (χ3n) is 3.27. The Kier molecular flexibility index (Phi) is 2.67. The number of hydrogen-bond donors (Lipinski definition) is 0. The number of hydrogen-bond acceptors (Lipinski definition) is 3. The van der Waals surface area contributed by atoms with Gasteiger partial charge < -0.3 is 4.74 Å². The first-order valence-electron chi connectivity index (χ1n) is 6.13. The van der Waals surface area contributed by atoms with Gasteiger partial charge in [-0.3, -0.25) is 0 Å². The third-order valence-corrected chi connectivity index (χ3v) is 3.27. The second kappa shape index (κ2) is 4.35. The molecule has 3 nitrogen and oxygen atoms in total. The molecule has 0 radical (unpaired) electrons. The van der Waals surface area contributed by atoms with Gasteiger partial charge in [-0.05, 0) is 24.6 Å². The zero-order chi connectivity index (χ0) is 13.3. The van der Waals surface area contributed by atoms with Crippen LogP contribution in [0.5, 0.6) is 0 Å². The molecular formula is C16H13NO2. The standard InChI is InChI=1S/C16H13NO2/c1-16(13-10-6-3-7-11-13)15(18)19-14(17-16)12-8-4-2-5-9-12/h2-11H,1H3. The van der Waals surface area contributed by atoms with Crippen molar-refractivity contribution in [3.8, 4) is 0 Å². The highest BCUT2D eigenvalue weighted by atomic mass is 16.6. The molecule has 0 fully saturated rings. The number of rotatable bonds is 2. The second-order valence-corrected chi connectivity index (χ2v) is 4.61. The molecule has 94 valence electrons. The van der Waals surface area contributed by atoms with Crippen LogP contribution >= 0.6 is 0 Å². The summed E-state index contributed by atoms with van der Waals surface area (Å²) in [5.74, 6) is 0.0505. The van der Waals surface area contributed by atoms with Gasteiger partial charge in [0.25, 0.3) is 0 Å². The Morgan fingerprint density at radius 3 is 2.16 bits per heavy atom. The molecule has 2 aromatic rings.